The number of hydrogen-bond acceptors (Lipinski definition) is 4. The normalized spacial score (nSPS) is 16.4. The molecule has 1 aliphatic rings. The number of piperazine rings is 1. The highest BCUT2D eigenvalue weighted by Gasteiger charge is 2.13. The van der Waals surface area contributed by atoms with Gasteiger partial charge in [0.25, 0.3) is 0 Å². The van der Waals surface area contributed by atoms with E-state index in [1.54, 1.807) is 0 Å². The Kier molecular flexibility index (Phi) is 4.68. The SMILES string of the molecule is CN1CCN(Cc2ccc(NCc3ccnc4[nH]ccc34)cc2)CC1. The Bertz CT molecular complexity index is 815. The van der Waals surface area contributed by atoms with Crippen LogP contribution in [0.2, 0.25) is 0 Å². The summed E-state index contributed by atoms with van der Waals surface area (Å²) in [4.78, 5) is 12.4. The Morgan fingerprint density at radius 1 is 1.04 bits per heavy atom. The molecule has 130 valence electrons. The first kappa shape index (κ1) is 16.1. The topological polar surface area (TPSA) is 47.2 Å². The van der Waals surface area contributed by atoms with E-state index < -0.39 is 0 Å². The van der Waals surface area contributed by atoms with Crippen molar-refractivity contribution in [3.05, 3.63) is 59.9 Å². The van der Waals surface area contributed by atoms with E-state index in [1.165, 1.54) is 29.6 Å². The fourth-order valence-electron chi connectivity index (χ4n) is 3.36. The smallest absolute Gasteiger partial charge is 0.137 e. The van der Waals surface area contributed by atoms with E-state index in [4.69, 9.17) is 0 Å². The van der Waals surface area contributed by atoms with Crippen molar-refractivity contribution >= 4 is 16.7 Å². The second kappa shape index (κ2) is 7.25. The molecule has 5 heteroatoms. The molecule has 0 unspecified atom stereocenters. The Balaban J connectivity index is 1.35. The van der Waals surface area contributed by atoms with Gasteiger partial charge >= 0.3 is 0 Å². The zero-order chi connectivity index (χ0) is 17.1. The predicted octanol–water partition coefficient (Wildman–Crippen LogP) is 2.92. The summed E-state index contributed by atoms with van der Waals surface area (Å²) in [6, 6.07) is 13.0. The highest BCUT2D eigenvalue weighted by atomic mass is 15.2. The number of likely N-dealkylation sites (N-methyl/N-ethyl adjacent to an activating group) is 1. The molecule has 1 fully saturated rings. The maximum Gasteiger partial charge on any atom is 0.137 e. The molecule has 1 saturated heterocycles. The maximum absolute atomic E-state index is 4.34. The van der Waals surface area contributed by atoms with Crippen LogP contribution >= 0.6 is 0 Å². The zero-order valence-corrected chi connectivity index (χ0v) is 14.7. The lowest BCUT2D eigenvalue weighted by Gasteiger charge is -2.32. The fraction of sp³-hybridized carbons (Fsp3) is 0.350. The third kappa shape index (κ3) is 3.83. The van der Waals surface area contributed by atoms with Crippen molar-refractivity contribution in [1.29, 1.82) is 0 Å². The maximum atomic E-state index is 4.34. The first-order valence-corrected chi connectivity index (χ1v) is 8.92. The number of aromatic amines is 1. The van der Waals surface area contributed by atoms with Gasteiger partial charge in [-0.3, -0.25) is 4.90 Å². The van der Waals surface area contributed by atoms with Gasteiger partial charge in [-0.15, -0.1) is 0 Å². The molecule has 3 aromatic rings. The van der Waals surface area contributed by atoms with Crippen molar-refractivity contribution < 1.29 is 0 Å². The number of aromatic nitrogens is 2. The van der Waals surface area contributed by atoms with Crippen LogP contribution in [0.5, 0.6) is 0 Å². The summed E-state index contributed by atoms with van der Waals surface area (Å²) >= 11 is 0. The number of rotatable bonds is 5. The molecule has 0 atom stereocenters. The lowest BCUT2D eigenvalue weighted by molar-refractivity contribution is 0.148. The van der Waals surface area contributed by atoms with E-state index in [2.05, 4.69) is 68.5 Å². The van der Waals surface area contributed by atoms with Crippen molar-refractivity contribution in [2.24, 2.45) is 0 Å². The van der Waals surface area contributed by atoms with Crippen LogP contribution in [0.15, 0.2) is 48.8 Å². The summed E-state index contributed by atoms with van der Waals surface area (Å²) in [5.74, 6) is 0. The van der Waals surface area contributed by atoms with E-state index in [9.17, 15) is 0 Å². The van der Waals surface area contributed by atoms with Gasteiger partial charge in [-0.05, 0) is 42.4 Å². The molecule has 25 heavy (non-hydrogen) atoms. The van der Waals surface area contributed by atoms with Crippen LogP contribution in [0, 0.1) is 0 Å². The van der Waals surface area contributed by atoms with Crippen LogP contribution in [0.4, 0.5) is 5.69 Å². The fourth-order valence-corrected chi connectivity index (χ4v) is 3.36. The number of hydrogen-bond donors (Lipinski definition) is 2. The van der Waals surface area contributed by atoms with Gasteiger partial charge in [-0.25, -0.2) is 4.98 Å². The predicted molar refractivity (Wildman–Crippen MR) is 103 cm³/mol. The van der Waals surface area contributed by atoms with Gasteiger partial charge in [0.1, 0.15) is 5.65 Å². The van der Waals surface area contributed by atoms with E-state index in [0.29, 0.717) is 0 Å². The summed E-state index contributed by atoms with van der Waals surface area (Å²) < 4.78 is 0. The quantitative estimate of drug-likeness (QED) is 0.753. The first-order chi connectivity index (χ1) is 12.3. The van der Waals surface area contributed by atoms with E-state index >= 15 is 0 Å². The molecular weight excluding hydrogens is 310 g/mol. The largest absolute Gasteiger partial charge is 0.381 e. The third-order valence-corrected chi connectivity index (χ3v) is 4.99. The number of benzene rings is 1. The minimum Gasteiger partial charge on any atom is -0.381 e. The Morgan fingerprint density at radius 2 is 1.84 bits per heavy atom. The van der Waals surface area contributed by atoms with Crippen molar-refractivity contribution in [3.63, 3.8) is 0 Å². The molecule has 2 N–H and O–H groups in total. The van der Waals surface area contributed by atoms with E-state index in [1.807, 2.05) is 12.4 Å². The molecule has 2 aromatic heterocycles. The summed E-state index contributed by atoms with van der Waals surface area (Å²) in [5, 5.41) is 4.70. The Hall–Kier alpha value is -2.37. The number of pyridine rings is 1. The molecule has 1 aromatic carbocycles. The molecule has 0 spiro atoms. The number of H-pyrrole nitrogens is 1. The lowest BCUT2D eigenvalue weighted by Crippen LogP contribution is -2.43. The monoisotopic (exact) mass is 335 g/mol. The number of fused-ring (bicyclic) bond motifs is 1. The lowest BCUT2D eigenvalue weighted by atomic mass is 10.1. The molecule has 1 aliphatic heterocycles. The van der Waals surface area contributed by atoms with Gasteiger partial charge in [0.15, 0.2) is 0 Å². The second-order valence-corrected chi connectivity index (χ2v) is 6.84. The molecule has 3 heterocycles. The van der Waals surface area contributed by atoms with E-state index in [0.717, 1.165) is 37.5 Å². The minimum atomic E-state index is 0.800. The first-order valence-electron chi connectivity index (χ1n) is 8.92. The molecule has 0 aliphatic carbocycles. The molecule has 0 amide bonds. The van der Waals surface area contributed by atoms with Gasteiger partial charge in [0, 0.05) is 62.7 Å². The van der Waals surface area contributed by atoms with Crippen LogP contribution in [0.3, 0.4) is 0 Å². The minimum absolute atomic E-state index is 0.800. The average molecular weight is 335 g/mol. The van der Waals surface area contributed by atoms with Crippen molar-refractivity contribution in [2.75, 3.05) is 38.5 Å². The second-order valence-electron chi connectivity index (χ2n) is 6.84. The molecular formula is C20H25N5. The van der Waals surface area contributed by atoms with Gasteiger partial charge in [-0.2, -0.15) is 0 Å². The highest BCUT2D eigenvalue weighted by molar-refractivity contribution is 5.79. The van der Waals surface area contributed by atoms with Gasteiger partial charge in [0.2, 0.25) is 0 Å². The van der Waals surface area contributed by atoms with Crippen molar-refractivity contribution in [3.8, 4) is 0 Å². The summed E-state index contributed by atoms with van der Waals surface area (Å²) in [6.07, 6.45) is 3.79. The Morgan fingerprint density at radius 3 is 2.64 bits per heavy atom. The standard InChI is InChI=1S/C20H25N5/c1-24-10-12-25(13-11-24)15-16-2-4-18(5-3-16)23-14-17-6-8-21-20-19(17)7-9-22-20/h2-9,23H,10-15H2,1H3,(H,21,22). The molecule has 0 radical (unpaired) electrons. The van der Waals surface area contributed by atoms with Crippen LogP contribution in [0.1, 0.15) is 11.1 Å². The van der Waals surface area contributed by atoms with Crippen LogP contribution in [0.25, 0.3) is 11.0 Å². The summed E-state index contributed by atoms with van der Waals surface area (Å²) in [6.45, 7) is 6.49. The molecule has 5 nitrogen and oxygen atoms in total. The number of nitrogens with one attached hydrogen (secondary N) is 2. The number of anilines is 1. The average Bonchev–Trinajstić information content (AvgIpc) is 3.12. The molecule has 4 rings (SSSR count). The van der Waals surface area contributed by atoms with Gasteiger partial charge in [-0.1, -0.05) is 12.1 Å². The summed E-state index contributed by atoms with van der Waals surface area (Å²) in [7, 11) is 2.20. The number of nitrogens with zero attached hydrogens (tertiary/aromatic N) is 3. The summed E-state index contributed by atoms with van der Waals surface area (Å²) in [5.41, 5.74) is 4.74. The molecule has 0 saturated carbocycles. The van der Waals surface area contributed by atoms with Crippen molar-refractivity contribution in [1.82, 2.24) is 19.8 Å². The van der Waals surface area contributed by atoms with Crippen LogP contribution < -0.4 is 5.32 Å². The zero-order valence-electron chi connectivity index (χ0n) is 14.7. The van der Waals surface area contributed by atoms with Gasteiger partial charge < -0.3 is 15.2 Å². The van der Waals surface area contributed by atoms with Gasteiger partial charge in [0.05, 0.1) is 0 Å². The Labute approximate surface area is 148 Å². The molecule has 0 bridgehead atoms. The third-order valence-electron chi connectivity index (χ3n) is 4.99. The van der Waals surface area contributed by atoms with Crippen LogP contribution in [-0.2, 0) is 13.1 Å². The van der Waals surface area contributed by atoms with Crippen LogP contribution in [-0.4, -0.2) is 53.0 Å². The highest BCUT2D eigenvalue weighted by Crippen LogP contribution is 2.18. The van der Waals surface area contributed by atoms with Crippen molar-refractivity contribution in [2.45, 2.75) is 13.1 Å². The van der Waals surface area contributed by atoms with E-state index in [-0.39, 0.29) is 0 Å².